The van der Waals surface area contributed by atoms with Crippen molar-refractivity contribution in [3.63, 3.8) is 0 Å². The van der Waals surface area contributed by atoms with Gasteiger partial charge in [-0.15, -0.1) is 0 Å². The van der Waals surface area contributed by atoms with Gasteiger partial charge in [0.25, 0.3) is 0 Å². The number of nitrogens with one attached hydrogen (secondary N) is 2. The van der Waals surface area contributed by atoms with Crippen molar-refractivity contribution >= 4 is 40.2 Å². The monoisotopic (exact) mass is 494 g/mol. The Kier molecular flexibility index (Phi) is 7.16. The molecule has 2 fully saturated rings. The second kappa shape index (κ2) is 10.5. The minimum Gasteiger partial charge on any atom is -0.369 e. The first kappa shape index (κ1) is 23.9. The first-order chi connectivity index (χ1) is 17.0. The number of rotatable bonds is 6. The van der Waals surface area contributed by atoms with Crippen molar-refractivity contribution in [1.29, 1.82) is 0 Å². The fourth-order valence-electron chi connectivity index (χ4n) is 5.27. The Labute approximate surface area is 212 Å². The number of nitrogens with zero attached hydrogens (tertiary/aromatic N) is 4. The summed E-state index contributed by atoms with van der Waals surface area (Å²) in [5.41, 5.74) is 5.90. The molecule has 8 heteroatoms. The first-order valence-electron chi connectivity index (χ1n) is 12.7. The van der Waals surface area contributed by atoms with Crippen LogP contribution in [0.5, 0.6) is 0 Å². The smallest absolute Gasteiger partial charge is 0.224 e. The molecule has 35 heavy (non-hydrogen) atoms. The van der Waals surface area contributed by atoms with Crippen molar-refractivity contribution in [2.45, 2.75) is 26.7 Å². The maximum Gasteiger partial charge on any atom is 0.224 e. The van der Waals surface area contributed by atoms with E-state index >= 15 is 0 Å². The number of hydrogen-bond acceptors (Lipinski definition) is 5. The fourth-order valence-corrected chi connectivity index (χ4v) is 5.45. The molecular formula is C27H35ClN6O. The van der Waals surface area contributed by atoms with Gasteiger partial charge < -0.3 is 20.1 Å². The van der Waals surface area contributed by atoms with E-state index in [1.54, 1.807) is 0 Å². The molecule has 2 N–H and O–H groups in total. The number of H-pyrrole nitrogens is 1. The van der Waals surface area contributed by atoms with Gasteiger partial charge in [-0.2, -0.15) is 0 Å². The Bertz CT molecular complexity index is 1190. The van der Waals surface area contributed by atoms with Gasteiger partial charge in [0, 0.05) is 63.1 Å². The molecule has 0 saturated carbocycles. The second-order valence-electron chi connectivity index (χ2n) is 9.85. The number of anilines is 2. The number of piperazine rings is 1. The van der Waals surface area contributed by atoms with Crippen LogP contribution in [0.2, 0.25) is 5.02 Å². The largest absolute Gasteiger partial charge is 0.369 e. The minimum absolute atomic E-state index is 0.0123. The van der Waals surface area contributed by atoms with Gasteiger partial charge in [-0.3, -0.25) is 9.69 Å². The van der Waals surface area contributed by atoms with E-state index in [1.807, 2.05) is 18.2 Å². The SMILES string of the molecule is Cc1cccc(N2CCN(CCNC(=O)[C@@H]3CCCN(c4nc5ccc(Cl)cc5[nH]4)C3)CC2)c1C. The summed E-state index contributed by atoms with van der Waals surface area (Å²) in [5, 5.41) is 3.89. The molecule has 2 aromatic carbocycles. The van der Waals surface area contributed by atoms with Crippen molar-refractivity contribution in [3.05, 3.63) is 52.5 Å². The van der Waals surface area contributed by atoms with E-state index < -0.39 is 0 Å². The molecule has 0 bridgehead atoms. The Morgan fingerprint density at radius 3 is 2.77 bits per heavy atom. The molecule has 0 radical (unpaired) electrons. The predicted molar refractivity (Wildman–Crippen MR) is 144 cm³/mol. The molecular weight excluding hydrogens is 460 g/mol. The summed E-state index contributed by atoms with van der Waals surface area (Å²) in [6.45, 7) is 11.7. The summed E-state index contributed by atoms with van der Waals surface area (Å²) in [4.78, 5) is 28.1. The van der Waals surface area contributed by atoms with Crippen molar-refractivity contribution in [2.75, 3.05) is 62.2 Å². The number of aromatic nitrogens is 2. The standard InChI is InChI=1S/C27H35ClN6O/c1-19-5-3-7-25(20(19)2)33-15-13-32(14-16-33)12-10-29-26(35)21-6-4-11-34(18-21)27-30-23-9-8-22(28)17-24(23)31-27/h3,5,7-9,17,21H,4,6,10-16,18H2,1-2H3,(H,29,35)(H,30,31)/t21-/m1/s1. The third kappa shape index (κ3) is 5.41. The van der Waals surface area contributed by atoms with Gasteiger partial charge in [-0.25, -0.2) is 4.98 Å². The average molecular weight is 495 g/mol. The van der Waals surface area contributed by atoms with E-state index in [2.05, 4.69) is 57.0 Å². The summed E-state index contributed by atoms with van der Waals surface area (Å²) in [6, 6.07) is 12.2. The molecule has 3 heterocycles. The van der Waals surface area contributed by atoms with Crippen LogP contribution in [-0.4, -0.2) is 73.1 Å². The fraction of sp³-hybridized carbons (Fsp3) is 0.481. The van der Waals surface area contributed by atoms with Crippen molar-refractivity contribution < 1.29 is 4.79 Å². The van der Waals surface area contributed by atoms with Crippen LogP contribution in [0, 0.1) is 19.8 Å². The number of fused-ring (bicyclic) bond motifs is 1. The number of aryl methyl sites for hydroxylation is 1. The summed E-state index contributed by atoms with van der Waals surface area (Å²) in [5.74, 6) is 0.964. The number of hydrogen-bond donors (Lipinski definition) is 2. The molecule has 1 aromatic heterocycles. The van der Waals surface area contributed by atoms with Gasteiger partial charge >= 0.3 is 0 Å². The van der Waals surface area contributed by atoms with Crippen LogP contribution in [0.15, 0.2) is 36.4 Å². The third-order valence-corrected chi connectivity index (χ3v) is 7.77. The van der Waals surface area contributed by atoms with E-state index in [9.17, 15) is 4.79 Å². The van der Waals surface area contributed by atoms with Gasteiger partial charge in [-0.1, -0.05) is 23.7 Å². The maximum absolute atomic E-state index is 12.9. The van der Waals surface area contributed by atoms with Crippen molar-refractivity contribution in [2.24, 2.45) is 5.92 Å². The zero-order chi connectivity index (χ0) is 24.4. The van der Waals surface area contributed by atoms with Gasteiger partial charge in [-0.05, 0) is 62.1 Å². The third-order valence-electron chi connectivity index (χ3n) is 7.54. The summed E-state index contributed by atoms with van der Waals surface area (Å²) in [6.07, 6.45) is 1.90. The Morgan fingerprint density at radius 2 is 1.94 bits per heavy atom. The highest BCUT2D eigenvalue weighted by Gasteiger charge is 2.27. The topological polar surface area (TPSA) is 67.5 Å². The molecule has 0 unspecified atom stereocenters. The Balaban J connectivity index is 1.08. The van der Waals surface area contributed by atoms with E-state index in [4.69, 9.17) is 16.6 Å². The highest BCUT2D eigenvalue weighted by molar-refractivity contribution is 6.31. The number of amides is 1. The zero-order valence-corrected chi connectivity index (χ0v) is 21.4. The summed E-state index contributed by atoms with van der Waals surface area (Å²) in [7, 11) is 0. The van der Waals surface area contributed by atoms with Gasteiger partial charge in [0.15, 0.2) is 0 Å². The van der Waals surface area contributed by atoms with E-state index in [0.29, 0.717) is 18.1 Å². The molecule has 0 spiro atoms. The van der Waals surface area contributed by atoms with Crippen LogP contribution in [0.3, 0.4) is 0 Å². The van der Waals surface area contributed by atoms with Crippen molar-refractivity contribution in [3.8, 4) is 0 Å². The lowest BCUT2D eigenvalue weighted by atomic mass is 9.97. The molecule has 186 valence electrons. The molecule has 2 saturated heterocycles. The number of carbonyl (C=O) groups excluding carboxylic acids is 1. The minimum atomic E-state index is -0.0123. The lowest BCUT2D eigenvalue weighted by Crippen LogP contribution is -2.49. The van der Waals surface area contributed by atoms with Gasteiger partial charge in [0.05, 0.1) is 17.0 Å². The first-order valence-corrected chi connectivity index (χ1v) is 13.1. The van der Waals surface area contributed by atoms with E-state index in [0.717, 1.165) is 69.1 Å². The number of benzene rings is 2. The normalized spacial score (nSPS) is 19.3. The Hall–Kier alpha value is -2.77. The zero-order valence-electron chi connectivity index (χ0n) is 20.7. The molecule has 2 aliphatic rings. The summed E-state index contributed by atoms with van der Waals surface area (Å²) >= 11 is 6.11. The molecule has 5 rings (SSSR count). The summed E-state index contributed by atoms with van der Waals surface area (Å²) < 4.78 is 0. The van der Waals surface area contributed by atoms with Crippen LogP contribution in [0.4, 0.5) is 11.6 Å². The Morgan fingerprint density at radius 1 is 1.11 bits per heavy atom. The number of imidazole rings is 1. The molecule has 0 aliphatic carbocycles. The van der Waals surface area contributed by atoms with E-state index in [-0.39, 0.29) is 11.8 Å². The molecule has 1 amide bonds. The highest BCUT2D eigenvalue weighted by Crippen LogP contribution is 2.26. The van der Waals surface area contributed by atoms with Crippen LogP contribution in [0.25, 0.3) is 11.0 Å². The predicted octanol–water partition coefficient (Wildman–Crippen LogP) is 3.99. The average Bonchev–Trinajstić information content (AvgIpc) is 3.30. The maximum atomic E-state index is 12.9. The van der Waals surface area contributed by atoms with Gasteiger partial charge in [0.2, 0.25) is 11.9 Å². The van der Waals surface area contributed by atoms with Crippen LogP contribution in [-0.2, 0) is 4.79 Å². The van der Waals surface area contributed by atoms with E-state index in [1.165, 1.54) is 16.8 Å². The molecule has 7 nitrogen and oxygen atoms in total. The molecule has 2 aliphatic heterocycles. The highest BCUT2D eigenvalue weighted by atomic mass is 35.5. The van der Waals surface area contributed by atoms with Gasteiger partial charge in [0.1, 0.15) is 0 Å². The number of halogens is 1. The number of piperidine rings is 1. The lowest BCUT2D eigenvalue weighted by molar-refractivity contribution is -0.125. The second-order valence-corrected chi connectivity index (χ2v) is 10.3. The molecule has 3 aromatic rings. The quantitative estimate of drug-likeness (QED) is 0.542. The van der Waals surface area contributed by atoms with Crippen LogP contribution >= 0.6 is 11.6 Å². The molecule has 1 atom stereocenters. The van der Waals surface area contributed by atoms with Crippen LogP contribution in [0.1, 0.15) is 24.0 Å². The van der Waals surface area contributed by atoms with Crippen molar-refractivity contribution in [1.82, 2.24) is 20.2 Å². The lowest BCUT2D eigenvalue weighted by Gasteiger charge is -2.37. The number of aromatic amines is 1. The van der Waals surface area contributed by atoms with Crippen LogP contribution < -0.4 is 15.1 Å². The number of carbonyl (C=O) groups is 1.